The number of benzene rings is 2. The Balaban J connectivity index is 2.55. The van der Waals surface area contributed by atoms with E-state index in [4.69, 9.17) is 5.73 Å². The van der Waals surface area contributed by atoms with Gasteiger partial charge in [0.2, 0.25) is 0 Å². The van der Waals surface area contributed by atoms with Crippen LogP contribution in [0.2, 0.25) is 0 Å². The molecule has 2 aromatic carbocycles. The first-order valence-electron chi connectivity index (χ1n) is 5.35. The van der Waals surface area contributed by atoms with Gasteiger partial charge >= 0.3 is 0 Å². The molecular formula is C14H11F2NO. The van der Waals surface area contributed by atoms with Gasteiger partial charge in [-0.25, -0.2) is 8.78 Å². The molecule has 0 saturated carbocycles. The molecule has 0 heterocycles. The van der Waals surface area contributed by atoms with E-state index in [-0.39, 0.29) is 16.8 Å². The Kier molecular flexibility index (Phi) is 3.10. The molecule has 2 aromatic rings. The largest absolute Gasteiger partial charge is 0.398 e. The van der Waals surface area contributed by atoms with Crippen molar-refractivity contribution in [2.45, 2.75) is 6.92 Å². The minimum Gasteiger partial charge on any atom is -0.398 e. The number of halogens is 2. The fraction of sp³-hybridized carbons (Fsp3) is 0.0714. The van der Waals surface area contributed by atoms with Crippen LogP contribution in [0, 0.1) is 18.6 Å². The standard InChI is InChI=1S/C14H11F2NO/c1-8-5-6-12(17)10(7-8)14(18)9-3-2-4-11(15)13(9)16/h2-7H,17H2,1H3. The number of hydrogen-bond acceptors (Lipinski definition) is 2. The molecule has 0 aromatic heterocycles. The van der Waals surface area contributed by atoms with Crippen molar-refractivity contribution in [2.75, 3.05) is 5.73 Å². The summed E-state index contributed by atoms with van der Waals surface area (Å²) in [4.78, 5) is 12.1. The van der Waals surface area contributed by atoms with E-state index >= 15 is 0 Å². The average Bonchev–Trinajstić information content (AvgIpc) is 2.35. The molecule has 2 rings (SSSR count). The fourth-order valence-corrected chi connectivity index (χ4v) is 1.69. The molecule has 4 heteroatoms. The molecular weight excluding hydrogens is 236 g/mol. The Morgan fingerprint density at radius 1 is 1.11 bits per heavy atom. The van der Waals surface area contributed by atoms with Crippen molar-refractivity contribution in [3.63, 3.8) is 0 Å². The van der Waals surface area contributed by atoms with Crippen LogP contribution in [0.1, 0.15) is 21.5 Å². The van der Waals surface area contributed by atoms with Gasteiger partial charge in [0.25, 0.3) is 0 Å². The highest BCUT2D eigenvalue weighted by Gasteiger charge is 2.18. The van der Waals surface area contributed by atoms with Crippen molar-refractivity contribution in [2.24, 2.45) is 0 Å². The van der Waals surface area contributed by atoms with Gasteiger partial charge in [0.05, 0.1) is 5.56 Å². The highest BCUT2D eigenvalue weighted by Crippen LogP contribution is 2.21. The second kappa shape index (κ2) is 4.56. The Labute approximate surface area is 103 Å². The van der Waals surface area contributed by atoms with Crippen molar-refractivity contribution in [3.8, 4) is 0 Å². The lowest BCUT2D eigenvalue weighted by atomic mass is 9.99. The van der Waals surface area contributed by atoms with Gasteiger partial charge in [-0.05, 0) is 31.2 Å². The third-order valence-corrected chi connectivity index (χ3v) is 2.65. The molecule has 0 saturated heterocycles. The first kappa shape index (κ1) is 12.2. The summed E-state index contributed by atoms with van der Waals surface area (Å²) in [5.74, 6) is -2.82. The van der Waals surface area contributed by atoms with Crippen molar-refractivity contribution in [1.82, 2.24) is 0 Å². The van der Waals surface area contributed by atoms with Crippen LogP contribution in [0.25, 0.3) is 0 Å². The van der Waals surface area contributed by atoms with Gasteiger partial charge in [-0.3, -0.25) is 4.79 Å². The van der Waals surface area contributed by atoms with Crippen LogP contribution in [0.3, 0.4) is 0 Å². The molecule has 92 valence electrons. The number of hydrogen-bond donors (Lipinski definition) is 1. The zero-order valence-electron chi connectivity index (χ0n) is 9.71. The first-order chi connectivity index (χ1) is 8.50. The number of anilines is 1. The Bertz CT molecular complexity index is 619. The van der Waals surface area contributed by atoms with Crippen LogP contribution in [0.5, 0.6) is 0 Å². The summed E-state index contributed by atoms with van der Waals surface area (Å²) in [6.45, 7) is 1.79. The van der Waals surface area contributed by atoms with Gasteiger partial charge in [-0.1, -0.05) is 17.7 Å². The van der Waals surface area contributed by atoms with Gasteiger partial charge in [0, 0.05) is 11.3 Å². The third-order valence-electron chi connectivity index (χ3n) is 2.65. The molecule has 0 aliphatic carbocycles. The highest BCUT2D eigenvalue weighted by atomic mass is 19.2. The molecule has 2 N–H and O–H groups in total. The zero-order chi connectivity index (χ0) is 13.3. The zero-order valence-corrected chi connectivity index (χ0v) is 9.71. The maximum Gasteiger partial charge on any atom is 0.198 e. The smallest absolute Gasteiger partial charge is 0.198 e. The molecule has 0 unspecified atom stereocenters. The topological polar surface area (TPSA) is 43.1 Å². The van der Waals surface area contributed by atoms with E-state index in [1.165, 1.54) is 12.1 Å². The predicted molar refractivity (Wildman–Crippen MR) is 65.4 cm³/mol. The van der Waals surface area contributed by atoms with Gasteiger partial charge in [0.1, 0.15) is 0 Å². The maximum atomic E-state index is 13.5. The van der Waals surface area contributed by atoms with E-state index < -0.39 is 17.4 Å². The molecule has 0 spiro atoms. The average molecular weight is 247 g/mol. The number of nitrogen functional groups attached to an aromatic ring is 1. The molecule has 0 fully saturated rings. The minimum atomic E-state index is -1.15. The summed E-state index contributed by atoms with van der Waals surface area (Å²) < 4.78 is 26.6. The van der Waals surface area contributed by atoms with Gasteiger partial charge < -0.3 is 5.73 Å². The van der Waals surface area contributed by atoms with Gasteiger partial charge in [0.15, 0.2) is 17.4 Å². The summed E-state index contributed by atoms with van der Waals surface area (Å²) in [6, 6.07) is 8.36. The first-order valence-corrected chi connectivity index (χ1v) is 5.35. The molecule has 0 aliphatic heterocycles. The molecule has 0 bridgehead atoms. The van der Waals surface area contributed by atoms with E-state index in [9.17, 15) is 13.6 Å². The van der Waals surface area contributed by atoms with Crippen molar-refractivity contribution in [3.05, 3.63) is 64.7 Å². The van der Waals surface area contributed by atoms with E-state index in [0.717, 1.165) is 11.6 Å². The summed E-state index contributed by atoms with van der Waals surface area (Å²) in [6.07, 6.45) is 0. The lowest BCUT2D eigenvalue weighted by Crippen LogP contribution is -2.08. The number of aryl methyl sites for hydroxylation is 1. The molecule has 0 radical (unpaired) electrons. The normalized spacial score (nSPS) is 10.4. The number of carbonyl (C=O) groups is 1. The predicted octanol–water partition coefficient (Wildman–Crippen LogP) is 3.09. The highest BCUT2D eigenvalue weighted by molar-refractivity contribution is 6.12. The molecule has 2 nitrogen and oxygen atoms in total. The number of ketones is 1. The lowest BCUT2D eigenvalue weighted by Gasteiger charge is -2.07. The summed E-state index contributed by atoms with van der Waals surface area (Å²) in [7, 11) is 0. The number of carbonyl (C=O) groups excluding carboxylic acids is 1. The van der Waals surface area contributed by atoms with Crippen LogP contribution in [-0.2, 0) is 0 Å². The van der Waals surface area contributed by atoms with E-state index in [0.29, 0.717) is 0 Å². The van der Waals surface area contributed by atoms with Crippen LogP contribution in [-0.4, -0.2) is 5.78 Å². The molecule has 0 aliphatic rings. The van der Waals surface area contributed by atoms with Crippen LogP contribution in [0.15, 0.2) is 36.4 Å². The van der Waals surface area contributed by atoms with Gasteiger partial charge in [-0.2, -0.15) is 0 Å². The fourth-order valence-electron chi connectivity index (χ4n) is 1.69. The van der Waals surface area contributed by atoms with Gasteiger partial charge in [-0.15, -0.1) is 0 Å². The SMILES string of the molecule is Cc1ccc(N)c(C(=O)c2cccc(F)c2F)c1. The van der Waals surface area contributed by atoms with E-state index in [1.807, 2.05) is 0 Å². The summed E-state index contributed by atoms with van der Waals surface area (Å²) in [5, 5.41) is 0. The van der Waals surface area contributed by atoms with Crippen LogP contribution < -0.4 is 5.73 Å². The second-order valence-corrected chi connectivity index (χ2v) is 4.02. The quantitative estimate of drug-likeness (QED) is 0.654. The Morgan fingerprint density at radius 3 is 2.56 bits per heavy atom. The molecule has 18 heavy (non-hydrogen) atoms. The molecule has 0 amide bonds. The minimum absolute atomic E-state index is 0.180. The Hall–Kier alpha value is -2.23. The maximum absolute atomic E-state index is 13.5. The Morgan fingerprint density at radius 2 is 1.83 bits per heavy atom. The van der Waals surface area contributed by atoms with Crippen LogP contribution >= 0.6 is 0 Å². The van der Waals surface area contributed by atoms with Crippen LogP contribution in [0.4, 0.5) is 14.5 Å². The summed E-state index contributed by atoms with van der Waals surface area (Å²) >= 11 is 0. The second-order valence-electron chi connectivity index (χ2n) is 4.02. The van der Waals surface area contributed by atoms with Crippen molar-refractivity contribution >= 4 is 11.5 Å². The molecule has 0 atom stereocenters. The number of rotatable bonds is 2. The monoisotopic (exact) mass is 247 g/mol. The van der Waals surface area contributed by atoms with E-state index in [2.05, 4.69) is 0 Å². The van der Waals surface area contributed by atoms with E-state index in [1.54, 1.807) is 25.1 Å². The lowest BCUT2D eigenvalue weighted by molar-refractivity contribution is 0.103. The van der Waals surface area contributed by atoms with Crippen molar-refractivity contribution < 1.29 is 13.6 Å². The van der Waals surface area contributed by atoms with Crippen molar-refractivity contribution in [1.29, 1.82) is 0 Å². The summed E-state index contributed by atoms with van der Waals surface area (Å²) in [5.41, 5.74) is 6.61. The third kappa shape index (κ3) is 2.09. The number of nitrogens with two attached hydrogens (primary N) is 1.